The van der Waals surface area contributed by atoms with Gasteiger partial charge in [-0.05, 0) is 43.0 Å². The number of pyridine rings is 2. The molecule has 0 spiro atoms. The number of hydrogen-bond acceptors (Lipinski definition) is 4. The summed E-state index contributed by atoms with van der Waals surface area (Å²) in [6, 6.07) is 9.74. The Labute approximate surface area is 179 Å². The molecule has 1 saturated heterocycles. The van der Waals surface area contributed by atoms with Crippen LogP contribution in [0.2, 0.25) is 0 Å². The molecule has 0 bridgehead atoms. The molecule has 0 aliphatic carbocycles. The van der Waals surface area contributed by atoms with Crippen molar-refractivity contribution in [1.29, 1.82) is 0 Å². The van der Waals surface area contributed by atoms with Crippen LogP contribution < -0.4 is 0 Å². The van der Waals surface area contributed by atoms with Crippen molar-refractivity contribution in [3.63, 3.8) is 0 Å². The summed E-state index contributed by atoms with van der Waals surface area (Å²) >= 11 is 0. The molecule has 2 amide bonds. The van der Waals surface area contributed by atoms with Crippen LogP contribution in [-0.4, -0.2) is 51.2 Å². The third-order valence-electron chi connectivity index (χ3n) is 5.89. The average Bonchev–Trinajstić information content (AvgIpc) is 2.81. The van der Waals surface area contributed by atoms with Crippen molar-refractivity contribution >= 4 is 11.8 Å². The molecular formula is C24H32N4O2. The largest absolute Gasteiger partial charge is 0.342 e. The van der Waals surface area contributed by atoms with Gasteiger partial charge in [-0.2, -0.15) is 0 Å². The second kappa shape index (κ2) is 10.9. The van der Waals surface area contributed by atoms with Crippen molar-refractivity contribution in [2.75, 3.05) is 19.6 Å². The highest BCUT2D eigenvalue weighted by Crippen LogP contribution is 2.22. The monoisotopic (exact) mass is 408 g/mol. The molecule has 2 atom stereocenters. The van der Waals surface area contributed by atoms with Gasteiger partial charge in [0.05, 0.1) is 5.92 Å². The molecular weight excluding hydrogens is 376 g/mol. The molecule has 1 aliphatic heterocycles. The normalized spacial score (nSPS) is 17.4. The van der Waals surface area contributed by atoms with Gasteiger partial charge < -0.3 is 9.80 Å². The maximum atomic E-state index is 13.5. The summed E-state index contributed by atoms with van der Waals surface area (Å²) in [6.45, 7) is 6.40. The summed E-state index contributed by atoms with van der Waals surface area (Å²) < 4.78 is 0. The van der Waals surface area contributed by atoms with E-state index in [1.54, 1.807) is 18.6 Å². The van der Waals surface area contributed by atoms with E-state index in [4.69, 9.17) is 0 Å². The lowest BCUT2D eigenvalue weighted by Gasteiger charge is -2.36. The topological polar surface area (TPSA) is 66.4 Å². The Morgan fingerprint density at radius 2 is 2.10 bits per heavy atom. The number of likely N-dealkylation sites (tertiary alicyclic amines) is 1. The highest BCUT2D eigenvalue weighted by molar-refractivity contribution is 5.82. The molecule has 6 nitrogen and oxygen atoms in total. The van der Waals surface area contributed by atoms with Gasteiger partial charge in [0, 0.05) is 62.8 Å². The van der Waals surface area contributed by atoms with Gasteiger partial charge in [0.1, 0.15) is 0 Å². The van der Waals surface area contributed by atoms with Crippen LogP contribution in [0.1, 0.15) is 44.4 Å². The van der Waals surface area contributed by atoms with Crippen molar-refractivity contribution in [2.24, 2.45) is 11.8 Å². The second-order valence-corrected chi connectivity index (χ2v) is 8.12. The van der Waals surface area contributed by atoms with Crippen LogP contribution in [0.15, 0.2) is 48.9 Å². The Balaban J connectivity index is 1.70. The maximum Gasteiger partial charge on any atom is 0.227 e. The standard InChI is InChI=1S/C24H32N4O2/c1-3-19(2)23(29)27-14-7-9-21(18-27)24(30)28(17-20-8-6-12-25-16-20)15-11-22-10-4-5-13-26-22/h4-6,8,10,12-13,16,19,21H,3,7,9,11,14-15,17-18H2,1-2H3. The summed E-state index contributed by atoms with van der Waals surface area (Å²) in [5.74, 6) is 0.153. The van der Waals surface area contributed by atoms with E-state index < -0.39 is 0 Å². The first-order valence-corrected chi connectivity index (χ1v) is 10.9. The summed E-state index contributed by atoms with van der Waals surface area (Å²) in [7, 11) is 0. The minimum atomic E-state index is -0.146. The molecule has 1 aliphatic rings. The number of amides is 2. The summed E-state index contributed by atoms with van der Waals surface area (Å²) in [4.78, 5) is 38.5. The average molecular weight is 409 g/mol. The van der Waals surface area contributed by atoms with Crippen molar-refractivity contribution < 1.29 is 9.59 Å². The molecule has 30 heavy (non-hydrogen) atoms. The minimum Gasteiger partial charge on any atom is -0.342 e. The maximum absolute atomic E-state index is 13.5. The van der Waals surface area contributed by atoms with E-state index >= 15 is 0 Å². The van der Waals surface area contributed by atoms with Crippen LogP contribution in [0.3, 0.4) is 0 Å². The Morgan fingerprint density at radius 1 is 1.23 bits per heavy atom. The first-order chi connectivity index (χ1) is 14.6. The van der Waals surface area contributed by atoms with Gasteiger partial charge in [0.15, 0.2) is 0 Å². The SMILES string of the molecule is CCC(C)C(=O)N1CCCC(C(=O)N(CCc2ccccn2)Cc2cccnc2)C1. The lowest BCUT2D eigenvalue weighted by molar-refractivity contribution is -0.143. The molecule has 0 radical (unpaired) electrons. The Bertz CT molecular complexity index is 812. The molecule has 1 fully saturated rings. The second-order valence-electron chi connectivity index (χ2n) is 8.12. The number of carbonyl (C=O) groups excluding carboxylic acids is 2. The van der Waals surface area contributed by atoms with E-state index in [-0.39, 0.29) is 23.7 Å². The third-order valence-corrected chi connectivity index (χ3v) is 5.89. The van der Waals surface area contributed by atoms with Gasteiger partial charge in [0.25, 0.3) is 0 Å². The fraction of sp³-hybridized carbons (Fsp3) is 0.500. The van der Waals surface area contributed by atoms with Crippen molar-refractivity contribution in [1.82, 2.24) is 19.8 Å². The summed E-state index contributed by atoms with van der Waals surface area (Å²) in [5.41, 5.74) is 1.98. The zero-order valence-electron chi connectivity index (χ0n) is 18.0. The molecule has 0 N–H and O–H groups in total. The molecule has 2 aromatic heterocycles. The number of nitrogens with zero attached hydrogens (tertiary/aromatic N) is 4. The molecule has 3 rings (SSSR count). The molecule has 6 heteroatoms. The van der Waals surface area contributed by atoms with Crippen molar-refractivity contribution in [3.05, 3.63) is 60.2 Å². The molecule has 0 saturated carbocycles. The fourth-order valence-electron chi connectivity index (χ4n) is 3.90. The van der Waals surface area contributed by atoms with Crippen LogP contribution in [0.5, 0.6) is 0 Å². The van der Waals surface area contributed by atoms with Crippen molar-refractivity contribution in [2.45, 2.75) is 46.1 Å². The van der Waals surface area contributed by atoms with Gasteiger partial charge in [-0.15, -0.1) is 0 Å². The number of aromatic nitrogens is 2. The fourth-order valence-corrected chi connectivity index (χ4v) is 3.90. The van der Waals surface area contributed by atoms with E-state index in [1.165, 1.54) is 0 Å². The number of hydrogen-bond donors (Lipinski definition) is 0. The van der Waals surface area contributed by atoms with Crippen LogP contribution in [0.4, 0.5) is 0 Å². The van der Waals surface area contributed by atoms with E-state index in [9.17, 15) is 9.59 Å². The smallest absolute Gasteiger partial charge is 0.227 e. The zero-order valence-corrected chi connectivity index (χ0v) is 18.0. The zero-order chi connectivity index (χ0) is 21.3. The Kier molecular flexibility index (Phi) is 7.94. The lowest BCUT2D eigenvalue weighted by atomic mass is 9.94. The van der Waals surface area contributed by atoms with Crippen LogP contribution >= 0.6 is 0 Å². The molecule has 2 unspecified atom stereocenters. The van der Waals surface area contributed by atoms with Crippen LogP contribution in [0.25, 0.3) is 0 Å². The van der Waals surface area contributed by atoms with Gasteiger partial charge in [-0.3, -0.25) is 19.6 Å². The third kappa shape index (κ3) is 5.88. The Morgan fingerprint density at radius 3 is 2.80 bits per heavy atom. The van der Waals surface area contributed by atoms with E-state index in [2.05, 4.69) is 9.97 Å². The summed E-state index contributed by atoms with van der Waals surface area (Å²) in [6.07, 6.45) is 8.56. The van der Waals surface area contributed by atoms with E-state index in [1.807, 2.05) is 54.0 Å². The van der Waals surface area contributed by atoms with E-state index in [0.29, 0.717) is 26.1 Å². The molecule has 0 aromatic carbocycles. The van der Waals surface area contributed by atoms with Gasteiger partial charge >= 0.3 is 0 Å². The minimum absolute atomic E-state index is 0.00880. The number of rotatable bonds is 8. The quantitative estimate of drug-likeness (QED) is 0.672. The molecule has 3 heterocycles. The highest BCUT2D eigenvalue weighted by atomic mass is 16.2. The number of piperidine rings is 1. The van der Waals surface area contributed by atoms with Gasteiger partial charge in [-0.25, -0.2) is 0 Å². The first-order valence-electron chi connectivity index (χ1n) is 10.9. The molecule has 160 valence electrons. The van der Waals surface area contributed by atoms with Crippen LogP contribution in [0, 0.1) is 11.8 Å². The number of carbonyl (C=O) groups is 2. The van der Waals surface area contributed by atoms with E-state index in [0.717, 1.165) is 37.1 Å². The predicted octanol–water partition coefficient (Wildman–Crippen LogP) is 3.33. The van der Waals surface area contributed by atoms with Gasteiger partial charge in [-0.1, -0.05) is 26.0 Å². The Hall–Kier alpha value is -2.76. The highest BCUT2D eigenvalue weighted by Gasteiger charge is 2.32. The first kappa shape index (κ1) is 21.9. The summed E-state index contributed by atoms with van der Waals surface area (Å²) in [5, 5.41) is 0. The van der Waals surface area contributed by atoms with Crippen molar-refractivity contribution in [3.8, 4) is 0 Å². The molecule has 2 aromatic rings. The van der Waals surface area contributed by atoms with Gasteiger partial charge in [0.2, 0.25) is 11.8 Å². The lowest BCUT2D eigenvalue weighted by Crippen LogP contribution is -2.48. The van der Waals surface area contributed by atoms with Crippen LogP contribution in [-0.2, 0) is 22.6 Å². The predicted molar refractivity (Wildman–Crippen MR) is 116 cm³/mol.